The molecule has 0 saturated heterocycles. The van der Waals surface area contributed by atoms with Gasteiger partial charge in [-0.1, -0.05) is 28.1 Å². The fraction of sp³-hybridized carbons (Fsp3) is 0.200. The van der Waals surface area contributed by atoms with E-state index in [2.05, 4.69) is 21.2 Å². The van der Waals surface area contributed by atoms with Crippen LogP contribution in [0, 0.1) is 0 Å². The summed E-state index contributed by atoms with van der Waals surface area (Å²) in [6.07, 6.45) is 1.87. The van der Waals surface area contributed by atoms with Gasteiger partial charge in [-0.15, -0.1) is 0 Å². The van der Waals surface area contributed by atoms with Crippen LogP contribution in [0.1, 0.15) is 5.56 Å². The third-order valence-electron chi connectivity index (χ3n) is 1.80. The zero-order chi connectivity index (χ0) is 12.1. The Balaban J connectivity index is 2.95. The second-order valence-electron chi connectivity index (χ2n) is 3.04. The molecule has 1 aromatic carbocycles. The number of hydrogen-bond acceptors (Lipinski definition) is 3. The van der Waals surface area contributed by atoms with Crippen LogP contribution in [0.5, 0.6) is 0 Å². The van der Waals surface area contributed by atoms with E-state index in [-0.39, 0.29) is 10.9 Å². The Kier molecular flexibility index (Phi) is 5.24. The molecule has 0 atom stereocenters. The summed E-state index contributed by atoms with van der Waals surface area (Å²) >= 11 is 9.72. The van der Waals surface area contributed by atoms with E-state index in [1.54, 1.807) is 12.1 Å². The molecule has 0 unspecified atom stereocenters. The van der Waals surface area contributed by atoms with Gasteiger partial charge >= 0.3 is 0 Å². The Hall–Kier alpha value is -0.590. The lowest BCUT2D eigenvalue weighted by molar-refractivity contribution is -0.113. The van der Waals surface area contributed by atoms with Gasteiger partial charge in [0.2, 0.25) is 5.91 Å². The number of nitrogens with one attached hydrogen (secondary N) is 1. The highest BCUT2D eigenvalue weighted by Crippen LogP contribution is 2.21. The van der Waals surface area contributed by atoms with Crippen molar-refractivity contribution in [2.75, 3.05) is 17.3 Å². The number of hydrogen-bond donors (Lipinski definition) is 2. The standard InChI is InChI=1S/C10H11BrN2OS2/c1-16-5-9(14)13-8-3-2-6(11)4-7(8)10(12)15/h2-4H,5H2,1H3,(H2,12,15)(H,13,14). The average Bonchev–Trinajstić information content (AvgIpc) is 2.20. The minimum Gasteiger partial charge on any atom is -0.389 e. The molecule has 0 heterocycles. The first-order valence-corrected chi connectivity index (χ1v) is 7.02. The van der Waals surface area contributed by atoms with E-state index in [1.165, 1.54) is 11.8 Å². The molecule has 0 aliphatic carbocycles. The smallest absolute Gasteiger partial charge is 0.234 e. The highest BCUT2D eigenvalue weighted by atomic mass is 79.9. The second-order valence-corrected chi connectivity index (χ2v) is 5.26. The Labute approximate surface area is 112 Å². The minimum absolute atomic E-state index is 0.0627. The van der Waals surface area contributed by atoms with E-state index in [4.69, 9.17) is 18.0 Å². The maximum absolute atomic E-state index is 11.4. The molecule has 0 aliphatic heterocycles. The first-order chi connectivity index (χ1) is 7.54. The van der Waals surface area contributed by atoms with Crippen LogP contribution < -0.4 is 11.1 Å². The molecule has 0 saturated carbocycles. The maximum atomic E-state index is 11.4. The molecule has 3 nitrogen and oxygen atoms in total. The lowest BCUT2D eigenvalue weighted by atomic mass is 10.2. The zero-order valence-electron chi connectivity index (χ0n) is 8.62. The number of carbonyl (C=O) groups excluding carboxylic acids is 1. The first kappa shape index (κ1) is 13.5. The number of carbonyl (C=O) groups is 1. The quantitative estimate of drug-likeness (QED) is 0.837. The number of rotatable bonds is 4. The molecular weight excluding hydrogens is 308 g/mol. The molecule has 0 fully saturated rings. The molecule has 6 heteroatoms. The molecule has 1 rings (SSSR count). The van der Waals surface area contributed by atoms with E-state index < -0.39 is 0 Å². The summed E-state index contributed by atoms with van der Waals surface area (Å²) in [6.45, 7) is 0. The van der Waals surface area contributed by atoms with Crippen molar-refractivity contribution in [3.8, 4) is 0 Å². The van der Waals surface area contributed by atoms with Crippen LogP contribution in [0.4, 0.5) is 5.69 Å². The van der Waals surface area contributed by atoms with Crippen molar-refractivity contribution in [3.05, 3.63) is 28.2 Å². The number of halogens is 1. The Morgan fingerprint density at radius 3 is 2.88 bits per heavy atom. The number of nitrogens with two attached hydrogens (primary N) is 1. The van der Waals surface area contributed by atoms with Crippen LogP contribution in [-0.4, -0.2) is 22.9 Å². The second kappa shape index (κ2) is 6.22. The van der Waals surface area contributed by atoms with E-state index in [9.17, 15) is 4.79 Å². The van der Waals surface area contributed by atoms with Gasteiger partial charge in [-0.05, 0) is 24.5 Å². The summed E-state index contributed by atoms with van der Waals surface area (Å²) in [5.41, 5.74) is 6.90. The van der Waals surface area contributed by atoms with Crippen LogP contribution in [0.25, 0.3) is 0 Å². The van der Waals surface area contributed by atoms with Crippen LogP contribution in [0.3, 0.4) is 0 Å². The van der Waals surface area contributed by atoms with Crippen molar-refractivity contribution in [1.82, 2.24) is 0 Å². The monoisotopic (exact) mass is 318 g/mol. The largest absolute Gasteiger partial charge is 0.389 e. The Morgan fingerprint density at radius 2 is 2.31 bits per heavy atom. The Morgan fingerprint density at radius 1 is 1.62 bits per heavy atom. The molecule has 16 heavy (non-hydrogen) atoms. The van der Waals surface area contributed by atoms with Crippen molar-refractivity contribution in [1.29, 1.82) is 0 Å². The number of thioether (sulfide) groups is 1. The van der Waals surface area contributed by atoms with Gasteiger partial charge < -0.3 is 11.1 Å². The van der Waals surface area contributed by atoms with Crippen molar-refractivity contribution in [3.63, 3.8) is 0 Å². The summed E-state index contributed by atoms with van der Waals surface area (Å²) < 4.78 is 0.873. The predicted molar refractivity (Wildman–Crippen MR) is 77.0 cm³/mol. The number of benzene rings is 1. The van der Waals surface area contributed by atoms with Gasteiger partial charge in [0.05, 0.1) is 11.4 Å². The summed E-state index contributed by atoms with van der Waals surface area (Å²) in [4.78, 5) is 11.7. The molecule has 0 spiro atoms. The highest BCUT2D eigenvalue weighted by Gasteiger charge is 2.08. The topological polar surface area (TPSA) is 55.1 Å². The molecular formula is C10H11BrN2OS2. The molecule has 0 aliphatic rings. The SMILES string of the molecule is CSCC(=O)Nc1ccc(Br)cc1C(N)=S. The third-order valence-corrected chi connectivity index (χ3v) is 3.06. The van der Waals surface area contributed by atoms with Crippen molar-refractivity contribution in [2.24, 2.45) is 5.73 Å². The minimum atomic E-state index is -0.0627. The molecule has 86 valence electrons. The van der Waals surface area contributed by atoms with E-state index in [0.29, 0.717) is 17.0 Å². The van der Waals surface area contributed by atoms with Gasteiger partial charge in [0.25, 0.3) is 0 Å². The van der Waals surface area contributed by atoms with Gasteiger partial charge in [-0.3, -0.25) is 4.79 Å². The molecule has 1 aromatic rings. The Bertz CT molecular complexity index is 423. The van der Waals surface area contributed by atoms with E-state index in [1.807, 2.05) is 12.3 Å². The van der Waals surface area contributed by atoms with Gasteiger partial charge in [0.1, 0.15) is 4.99 Å². The molecule has 3 N–H and O–H groups in total. The summed E-state index contributed by atoms with van der Waals surface area (Å²) in [5, 5.41) is 2.77. The van der Waals surface area contributed by atoms with E-state index >= 15 is 0 Å². The average molecular weight is 319 g/mol. The molecule has 0 aromatic heterocycles. The maximum Gasteiger partial charge on any atom is 0.234 e. The van der Waals surface area contributed by atoms with Crippen LogP contribution in [0.2, 0.25) is 0 Å². The predicted octanol–water partition coefficient (Wildman–Crippen LogP) is 2.38. The molecule has 0 bridgehead atoms. The highest BCUT2D eigenvalue weighted by molar-refractivity contribution is 9.10. The van der Waals surface area contributed by atoms with Crippen LogP contribution in [-0.2, 0) is 4.79 Å². The van der Waals surface area contributed by atoms with Gasteiger partial charge in [-0.2, -0.15) is 11.8 Å². The molecule has 1 amide bonds. The fourth-order valence-electron chi connectivity index (χ4n) is 1.15. The molecule has 0 radical (unpaired) electrons. The van der Waals surface area contributed by atoms with Crippen LogP contribution in [0.15, 0.2) is 22.7 Å². The lowest BCUT2D eigenvalue weighted by Crippen LogP contribution is -2.18. The first-order valence-electron chi connectivity index (χ1n) is 4.42. The van der Waals surface area contributed by atoms with Gasteiger partial charge in [0.15, 0.2) is 0 Å². The third kappa shape index (κ3) is 3.77. The van der Waals surface area contributed by atoms with Crippen molar-refractivity contribution >= 4 is 56.5 Å². The van der Waals surface area contributed by atoms with E-state index in [0.717, 1.165) is 4.47 Å². The van der Waals surface area contributed by atoms with Gasteiger partial charge in [-0.25, -0.2) is 0 Å². The number of thiocarbonyl (C=S) groups is 1. The fourth-order valence-corrected chi connectivity index (χ4v) is 2.01. The van der Waals surface area contributed by atoms with Gasteiger partial charge in [0, 0.05) is 10.0 Å². The van der Waals surface area contributed by atoms with Crippen molar-refractivity contribution < 1.29 is 4.79 Å². The normalized spacial score (nSPS) is 9.88. The summed E-state index contributed by atoms with van der Waals surface area (Å²) in [5.74, 6) is 0.347. The van der Waals surface area contributed by atoms with Crippen molar-refractivity contribution in [2.45, 2.75) is 0 Å². The number of amides is 1. The number of anilines is 1. The summed E-state index contributed by atoms with van der Waals surface area (Å²) in [7, 11) is 0. The van der Waals surface area contributed by atoms with Crippen LogP contribution >= 0.6 is 39.9 Å². The zero-order valence-corrected chi connectivity index (χ0v) is 11.8. The lowest BCUT2D eigenvalue weighted by Gasteiger charge is -2.10. The summed E-state index contributed by atoms with van der Waals surface area (Å²) in [6, 6.07) is 5.39.